The molecular formula is C10H10O4. The highest BCUT2D eigenvalue weighted by molar-refractivity contribution is 5.97. The third-order valence-corrected chi connectivity index (χ3v) is 3.22. The monoisotopic (exact) mass is 194 g/mol. The maximum Gasteiger partial charge on any atom is 0.320 e. The largest absolute Gasteiger partial charge is 0.393 e. The van der Waals surface area contributed by atoms with Gasteiger partial charge in [0.15, 0.2) is 0 Å². The summed E-state index contributed by atoms with van der Waals surface area (Å²) in [4.78, 5) is 22.7. The Balaban J connectivity index is 2.00. The molecule has 0 saturated carbocycles. The molecular weight excluding hydrogens is 184 g/mol. The lowest BCUT2D eigenvalue weighted by molar-refractivity contribution is -0.154. The third kappa shape index (κ3) is 0.917. The minimum atomic E-state index is -0.405. The van der Waals surface area contributed by atoms with Crippen LogP contribution in [0.5, 0.6) is 0 Å². The topological polar surface area (TPSA) is 52.6 Å². The molecule has 2 heterocycles. The van der Waals surface area contributed by atoms with Gasteiger partial charge in [-0.05, 0) is 18.4 Å². The second-order valence-electron chi connectivity index (χ2n) is 3.93. The quantitative estimate of drug-likeness (QED) is 0.318. The third-order valence-electron chi connectivity index (χ3n) is 3.22. The van der Waals surface area contributed by atoms with Crippen molar-refractivity contribution in [3.05, 3.63) is 11.6 Å². The first kappa shape index (κ1) is 8.17. The molecule has 3 rings (SSSR count). The molecule has 3 atom stereocenters. The number of esters is 2. The van der Waals surface area contributed by atoms with Gasteiger partial charge in [-0.3, -0.25) is 9.59 Å². The smallest absolute Gasteiger partial charge is 0.320 e. The van der Waals surface area contributed by atoms with Gasteiger partial charge in [0.25, 0.3) is 0 Å². The number of hydrogen-bond acceptors (Lipinski definition) is 4. The average molecular weight is 194 g/mol. The van der Waals surface area contributed by atoms with E-state index in [1.165, 1.54) is 0 Å². The van der Waals surface area contributed by atoms with Crippen molar-refractivity contribution in [2.75, 3.05) is 6.61 Å². The molecule has 0 aromatic carbocycles. The van der Waals surface area contributed by atoms with Gasteiger partial charge in [-0.15, -0.1) is 0 Å². The molecule has 0 bridgehead atoms. The highest BCUT2D eigenvalue weighted by Gasteiger charge is 2.52. The van der Waals surface area contributed by atoms with Crippen molar-refractivity contribution in [2.45, 2.75) is 18.9 Å². The molecule has 0 unspecified atom stereocenters. The van der Waals surface area contributed by atoms with Crippen molar-refractivity contribution >= 4 is 11.9 Å². The Hall–Kier alpha value is -1.16. The highest BCUT2D eigenvalue weighted by Crippen LogP contribution is 2.41. The summed E-state index contributed by atoms with van der Waals surface area (Å²) < 4.78 is 10.1. The summed E-state index contributed by atoms with van der Waals surface area (Å²) in [5.74, 6) is -1.46. The van der Waals surface area contributed by atoms with E-state index >= 15 is 0 Å². The van der Waals surface area contributed by atoms with Crippen LogP contribution in [0.2, 0.25) is 0 Å². The summed E-state index contributed by atoms with van der Waals surface area (Å²) in [7, 11) is 0. The van der Waals surface area contributed by atoms with Crippen LogP contribution in [0.4, 0.5) is 0 Å². The minimum absolute atomic E-state index is 0.187. The predicted octanol–water partition coefficient (Wildman–Crippen LogP) is 0.421. The van der Waals surface area contributed by atoms with Crippen LogP contribution >= 0.6 is 0 Å². The Morgan fingerprint density at radius 2 is 2.14 bits per heavy atom. The number of hydrogen-bond donors (Lipinski definition) is 0. The summed E-state index contributed by atoms with van der Waals surface area (Å²) in [6.45, 7) is 0.654. The summed E-state index contributed by atoms with van der Waals surface area (Å²) in [5, 5.41) is 0. The molecule has 0 N–H and O–H groups in total. The number of fused-ring (bicyclic) bond motifs is 3. The number of cyclic esters (lactones) is 2. The van der Waals surface area contributed by atoms with Gasteiger partial charge >= 0.3 is 11.9 Å². The molecule has 14 heavy (non-hydrogen) atoms. The molecule has 2 saturated heterocycles. The second kappa shape index (κ2) is 2.67. The zero-order valence-electron chi connectivity index (χ0n) is 7.56. The summed E-state index contributed by atoms with van der Waals surface area (Å²) >= 11 is 0. The van der Waals surface area contributed by atoms with Gasteiger partial charge in [-0.2, -0.15) is 0 Å². The van der Waals surface area contributed by atoms with E-state index in [-0.39, 0.29) is 23.9 Å². The van der Waals surface area contributed by atoms with Crippen LogP contribution in [0.3, 0.4) is 0 Å². The molecule has 4 nitrogen and oxygen atoms in total. The van der Waals surface area contributed by atoms with Crippen LogP contribution in [0.25, 0.3) is 0 Å². The van der Waals surface area contributed by atoms with Crippen molar-refractivity contribution in [3.63, 3.8) is 0 Å². The molecule has 1 aliphatic carbocycles. The first-order chi connectivity index (χ1) is 6.77. The number of rotatable bonds is 0. The van der Waals surface area contributed by atoms with E-state index in [2.05, 4.69) is 4.74 Å². The first-order valence-electron chi connectivity index (χ1n) is 4.83. The summed E-state index contributed by atoms with van der Waals surface area (Å²) in [6, 6.07) is 0. The lowest BCUT2D eigenvalue weighted by atomic mass is 9.79. The predicted molar refractivity (Wildman–Crippen MR) is 45.1 cm³/mol. The SMILES string of the molecule is O=C1OC(=O)[C@@H]2CC=C3CCO[C@@H]3[C@H]12. The van der Waals surface area contributed by atoms with Gasteiger partial charge < -0.3 is 9.47 Å². The maximum atomic E-state index is 11.4. The molecule has 0 aromatic heterocycles. The van der Waals surface area contributed by atoms with E-state index in [4.69, 9.17) is 4.74 Å². The maximum absolute atomic E-state index is 11.4. The average Bonchev–Trinajstić information content (AvgIpc) is 2.71. The molecule has 0 aromatic rings. The molecule has 3 aliphatic rings. The fourth-order valence-electron chi connectivity index (χ4n) is 2.52. The van der Waals surface area contributed by atoms with E-state index in [1.54, 1.807) is 0 Å². The zero-order chi connectivity index (χ0) is 9.71. The van der Waals surface area contributed by atoms with Crippen molar-refractivity contribution in [1.82, 2.24) is 0 Å². The van der Waals surface area contributed by atoms with Gasteiger partial charge in [-0.1, -0.05) is 6.08 Å². The van der Waals surface area contributed by atoms with Gasteiger partial charge in [0.1, 0.15) is 5.92 Å². The molecule has 0 amide bonds. The molecule has 74 valence electrons. The highest BCUT2D eigenvalue weighted by atomic mass is 16.6. The van der Waals surface area contributed by atoms with E-state index in [0.29, 0.717) is 13.0 Å². The zero-order valence-corrected chi connectivity index (χ0v) is 7.56. The summed E-state index contributed by atoms with van der Waals surface area (Å²) in [5.41, 5.74) is 1.16. The standard InChI is InChI=1S/C10H10O4/c11-9-6-2-1-5-3-4-13-8(5)7(6)10(12)14-9/h1,6-8H,2-4H2/t6-,7-,8+/m1/s1. The second-order valence-corrected chi connectivity index (χ2v) is 3.93. The van der Waals surface area contributed by atoms with E-state index in [0.717, 1.165) is 12.0 Å². The van der Waals surface area contributed by atoms with Crippen LogP contribution in [0.15, 0.2) is 11.6 Å². The number of carbonyl (C=O) groups excluding carboxylic acids is 2. The fraction of sp³-hybridized carbons (Fsp3) is 0.600. The number of ether oxygens (including phenoxy) is 2. The lowest BCUT2D eigenvalue weighted by Crippen LogP contribution is -2.33. The van der Waals surface area contributed by atoms with Crippen molar-refractivity contribution in [2.24, 2.45) is 11.8 Å². The fourth-order valence-corrected chi connectivity index (χ4v) is 2.52. The summed E-state index contributed by atoms with van der Waals surface area (Å²) in [6.07, 6.45) is 3.35. The van der Waals surface area contributed by atoms with Crippen molar-refractivity contribution in [1.29, 1.82) is 0 Å². The van der Waals surface area contributed by atoms with Crippen LogP contribution < -0.4 is 0 Å². The molecule has 4 heteroatoms. The van der Waals surface area contributed by atoms with E-state index in [1.807, 2.05) is 6.08 Å². The number of allylic oxidation sites excluding steroid dienone is 1. The molecule has 2 aliphatic heterocycles. The van der Waals surface area contributed by atoms with Crippen LogP contribution in [-0.4, -0.2) is 24.6 Å². The number of carbonyl (C=O) groups is 2. The van der Waals surface area contributed by atoms with E-state index < -0.39 is 5.97 Å². The Kier molecular flexibility index (Phi) is 1.56. The molecule has 0 radical (unpaired) electrons. The lowest BCUT2D eigenvalue weighted by Gasteiger charge is -2.24. The Labute approximate surface area is 80.9 Å². The Bertz CT molecular complexity index is 344. The van der Waals surface area contributed by atoms with Gasteiger partial charge in [0.05, 0.1) is 18.6 Å². The van der Waals surface area contributed by atoms with Gasteiger partial charge in [0, 0.05) is 0 Å². The van der Waals surface area contributed by atoms with E-state index in [9.17, 15) is 9.59 Å². The molecule has 2 fully saturated rings. The normalized spacial score (nSPS) is 40.3. The minimum Gasteiger partial charge on any atom is -0.393 e. The van der Waals surface area contributed by atoms with Crippen LogP contribution in [0, 0.1) is 11.8 Å². The Morgan fingerprint density at radius 1 is 1.29 bits per heavy atom. The Morgan fingerprint density at radius 3 is 3.00 bits per heavy atom. The van der Waals surface area contributed by atoms with Crippen LogP contribution in [0.1, 0.15) is 12.8 Å². The van der Waals surface area contributed by atoms with Crippen molar-refractivity contribution in [3.8, 4) is 0 Å². The van der Waals surface area contributed by atoms with Crippen molar-refractivity contribution < 1.29 is 19.1 Å². The first-order valence-corrected chi connectivity index (χ1v) is 4.83. The van der Waals surface area contributed by atoms with Crippen LogP contribution in [-0.2, 0) is 19.1 Å². The van der Waals surface area contributed by atoms with Gasteiger partial charge in [-0.25, -0.2) is 0 Å². The van der Waals surface area contributed by atoms with Gasteiger partial charge in [0.2, 0.25) is 0 Å². The molecule has 0 spiro atoms.